The Bertz CT molecular complexity index is 602. The third-order valence-electron chi connectivity index (χ3n) is 5.38. The topological polar surface area (TPSA) is 49.3 Å². The number of hydrogen-bond acceptors (Lipinski definition) is 4. The third kappa shape index (κ3) is 5.84. The molecule has 6 heteroatoms. The van der Waals surface area contributed by atoms with Gasteiger partial charge in [-0.25, -0.2) is 0 Å². The number of nitrogens with one attached hydrogen (secondary N) is 1. The van der Waals surface area contributed by atoms with Gasteiger partial charge in [0.05, 0.1) is 20.3 Å². The van der Waals surface area contributed by atoms with Crippen LogP contribution in [0.5, 0.6) is 5.75 Å². The van der Waals surface area contributed by atoms with Crippen LogP contribution in [0.15, 0.2) is 29.3 Å². The second kappa shape index (κ2) is 10.5. The van der Waals surface area contributed by atoms with Crippen LogP contribution in [0.3, 0.4) is 0 Å². The highest BCUT2D eigenvalue weighted by atomic mass is 16.5. The van der Waals surface area contributed by atoms with E-state index in [0.717, 1.165) is 77.0 Å². The number of aliphatic imine (C=N–C) groups is 1. The van der Waals surface area contributed by atoms with Gasteiger partial charge in [0.15, 0.2) is 5.96 Å². The number of guanidine groups is 1. The van der Waals surface area contributed by atoms with Crippen LogP contribution in [-0.2, 0) is 11.2 Å². The van der Waals surface area contributed by atoms with Gasteiger partial charge in [0, 0.05) is 45.3 Å². The van der Waals surface area contributed by atoms with Gasteiger partial charge < -0.3 is 19.7 Å². The summed E-state index contributed by atoms with van der Waals surface area (Å²) in [6.07, 6.45) is 3.29. The maximum absolute atomic E-state index is 5.49. The van der Waals surface area contributed by atoms with E-state index in [1.54, 1.807) is 7.11 Å². The quantitative estimate of drug-likeness (QED) is 0.449. The van der Waals surface area contributed by atoms with Crippen molar-refractivity contribution in [2.24, 2.45) is 4.99 Å². The molecule has 0 aliphatic carbocycles. The highest BCUT2D eigenvalue weighted by Gasteiger charge is 2.30. The first-order valence-corrected chi connectivity index (χ1v) is 10.3. The fourth-order valence-electron chi connectivity index (χ4n) is 3.90. The maximum atomic E-state index is 5.49. The summed E-state index contributed by atoms with van der Waals surface area (Å²) in [6, 6.07) is 8.95. The van der Waals surface area contributed by atoms with Gasteiger partial charge >= 0.3 is 0 Å². The molecule has 150 valence electrons. The smallest absolute Gasteiger partial charge is 0.193 e. The Labute approximate surface area is 163 Å². The Balaban J connectivity index is 1.49. The lowest BCUT2D eigenvalue weighted by Crippen LogP contribution is -2.46. The van der Waals surface area contributed by atoms with E-state index in [1.807, 2.05) is 6.07 Å². The molecule has 1 atom stereocenters. The summed E-state index contributed by atoms with van der Waals surface area (Å²) in [5.41, 5.74) is 1.31. The van der Waals surface area contributed by atoms with Crippen LogP contribution in [0, 0.1) is 0 Å². The zero-order valence-electron chi connectivity index (χ0n) is 16.8. The molecule has 0 spiro atoms. The van der Waals surface area contributed by atoms with Crippen molar-refractivity contribution >= 4 is 5.96 Å². The number of morpholine rings is 1. The second-order valence-electron chi connectivity index (χ2n) is 7.23. The van der Waals surface area contributed by atoms with E-state index >= 15 is 0 Å². The molecule has 1 N–H and O–H groups in total. The van der Waals surface area contributed by atoms with Crippen molar-refractivity contribution < 1.29 is 9.47 Å². The Kier molecular flexibility index (Phi) is 7.78. The van der Waals surface area contributed by atoms with Crippen molar-refractivity contribution in [1.82, 2.24) is 15.1 Å². The number of hydrogen-bond donors (Lipinski definition) is 1. The summed E-state index contributed by atoms with van der Waals surface area (Å²) in [6.45, 7) is 9.92. The Hall–Kier alpha value is -1.79. The lowest BCUT2D eigenvalue weighted by atomic mass is 10.1. The van der Waals surface area contributed by atoms with Crippen LogP contribution < -0.4 is 10.1 Å². The lowest BCUT2D eigenvalue weighted by Gasteiger charge is -2.32. The molecule has 0 aromatic heterocycles. The normalized spacial score (nSPS) is 21.5. The van der Waals surface area contributed by atoms with Crippen molar-refractivity contribution in [1.29, 1.82) is 0 Å². The summed E-state index contributed by atoms with van der Waals surface area (Å²) in [4.78, 5) is 9.89. The molecule has 1 aromatic carbocycles. The van der Waals surface area contributed by atoms with Gasteiger partial charge in [-0.15, -0.1) is 0 Å². The van der Waals surface area contributed by atoms with E-state index in [0.29, 0.717) is 6.04 Å². The fourth-order valence-corrected chi connectivity index (χ4v) is 3.90. The molecule has 1 aromatic rings. The molecule has 2 fully saturated rings. The van der Waals surface area contributed by atoms with Crippen LogP contribution in [0.1, 0.15) is 25.3 Å². The van der Waals surface area contributed by atoms with E-state index in [-0.39, 0.29) is 0 Å². The van der Waals surface area contributed by atoms with Crippen LogP contribution in [0.4, 0.5) is 0 Å². The van der Waals surface area contributed by atoms with E-state index in [4.69, 9.17) is 14.5 Å². The molecule has 0 amide bonds. The zero-order chi connectivity index (χ0) is 18.9. The van der Waals surface area contributed by atoms with E-state index < -0.39 is 0 Å². The number of benzene rings is 1. The van der Waals surface area contributed by atoms with E-state index in [9.17, 15) is 0 Å². The SMILES string of the molecule is CCNC(=NCCCc1cccc(OC)c1)N1CCC(N2CCOCC2)C1. The highest BCUT2D eigenvalue weighted by Crippen LogP contribution is 2.17. The minimum atomic E-state index is 0.634. The Morgan fingerprint density at radius 1 is 1.30 bits per heavy atom. The molecule has 2 aliphatic heterocycles. The predicted molar refractivity (Wildman–Crippen MR) is 110 cm³/mol. The van der Waals surface area contributed by atoms with Gasteiger partial charge in [0.25, 0.3) is 0 Å². The van der Waals surface area contributed by atoms with Crippen molar-refractivity contribution in [3.05, 3.63) is 29.8 Å². The molecule has 27 heavy (non-hydrogen) atoms. The molecule has 0 bridgehead atoms. The summed E-state index contributed by atoms with van der Waals surface area (Å²) in [5, 5.41) is 3.48. The molecule has 6 nitrogen and oxygen atoms in total. The highest BCUT2D eigenvalue weighted by molar-refractivity contribution is 5.80. The number of methoxy groups -OCH3 is 1. The van der Waals surface area contributed by atoms with Gasteiger partial charge in [-0.3, -0.25) is 9.89 Å². The zero-order valence-corrected chi connectivity index (χ0v) is 16.8. The van der Waals surface area contributed by atoms with Crippen molar-refractivity contribution in [3.8, 4) is 5.75 Å². The summed E-state index contributed by atoms with van der Waals surface area (Å²) < 4.78 is 10.8. The molecular weight excluding hydrogens is 340 g/mol. The minimum Gasteiger partial charge on any atom is -0.497 e. The Morgan fingerprint density at radius 3 is 2.93 bits per heavy atom. The first-order chi connectivity index (χ1) is 13.3. The number of nitrogens with zero attached hydrogens (tertiary/aromatic N) is 3. The summed E-state index contributed by atoms with van der Waals surface area (Å²) in [7, 11) is 1.71. The van der Waals surface area contributed by atoms with Crippen molar-refractivity contribution in [3.63, 3.8) is 0 Å². The van der Waals surface area contributed by atoms with Crippen LogP contribution >= 0.6 is 0 Å². The largest absolute Gasteiger partial charge is 0.497 e. The van der Waals surface area contributed by atoms with Crippen LogP contribution in [0.25, 0.3) is 0 Å². The lowest BCUT2D eigenvalue weighted by molar-refractivity contribution is 0.0195. The molecule has 3 rings (SSSR count). The van der Waals surface area contributed by atoms with Crippen LogP contribution in [-0.4, -0.2) is 81.4 Å². The Morgan fingerprint density at radius 2 is 2.15 bits per heavy atom. The standard InChI is InChI=1S/C21H34N4O2/c1-3-22-21(23-10-5-7-18-6-4-8-20(16-18)26-2)25-11-9-19(17-25)24-12-14-27-15-13-24/h4,6,8,16,19H,3,5,7,9-15,17H2,1-2H3,(H,22,23). The fraction of sp³-hybridized carbons (Fsp3) is 0.667. The predicted octanol–water partition coefficient (Wildman–Crippen LogP) is 2.00. The average Bonchev–Trinajstić information content (AvgIpc) is 3.21. The van der Waals surface area contributed by atoms with Crippen LogP contribution in [0.2, 0.25) is 0 Å². The molecule has 0 saturated carbocycles. The maximum Gasteiger partial charge on any atom is 0.193 e. The number of likely N-dealkylation sites (tertiary alicyclic amines) is 1. The molecule has 2 heterocycles. The van der Waals surface area contributed by atoms with Gasteiger partial charge in [0.1, 0.15) is 5.75 Å². The number of aryl methyl sites for hydroxylation is 1. The second-order valence-corrected chi connectivity index (χ2v) is 7.23. The van der Waals surface area contributed by atoms with Crippen molar-refractivity contribution in [2.45, 2.75) is 32.2 Å². The minimum absolute atomic E-state index is 0.634. The monoisotopic (exact) mass is 374 g/mol. The van der Waals surface area contributed by atoms with E-state index in [1.165, 1.54) is 12.0 Å². The molecule has 2 saturated heterocycles. The number of rotatable bonds is 7. The molecule has 2 aliphatic rings. The van der Waals surface area contributed by atoms with Gasteiger partial charge in [0.2, 0.25) is 0 Å². The average molecular weight is 375 g/mol. The van der Waals surface area contributed by atoms with Gasteiger partial charge in [-0.1, -0.05) is 12.1 Å². The molecular formula is C21H34N4O2. The third-order valence-corrected chi connectivity index (χ3v) is 5.38. The summed E-state index contributed by atoms with van der Waals surface area (Å²) >= 11 is 0. The molecule has 1 unspecified atom stereocenters. The van der Waals surface area contributed by atoms with Gasteiger partial charge in [-0.05, 0) is 43.9 Å². The summed E-state index contributed by atoms with van der Waals surface area (Å²) in [5.74, 6) is 1.99. The van der Waals surface area contributed by atoms with E-state index in [2.05, 4.69) is 40.2 Å². The number of ether oxygens (including phenoxy) is 2. The molecule has 0 radical (unpaired) electrons. The first-order valence-electron chi connectivity index (χ1n) is 10.3. The first kappa shape index (κ1) is 20.0. The van der Waals surface area contributed by atoms with Crippen molar-refractivity contribution in [2.75, 3.05) is 59.6 Å². The van der Waals surface area contributed by atoms with Gasteiger partial charge in [-0.2, -0.15) is 0 Å².